The van der Waals surface area contributed by atoms with Gasteiger partial charge in [-0.15, -0.1) is 0 Å². The average Bonchev–Trinajstić information content (AvgIpc) is 2.16. The molecule has 5 heteroatoms. The Hall–Kier alpha value is -0.653. The molecule has 1 aromatic carbocycles. The van der Waals surface area contributed by atoms with Crippen molar-refractivity contribution in [1.82, 2.24) is 0 Å². The van der Waals surface area contributed by atoms with Crippen LogP contribution in [0, 0.1) is 6.92 Å². The summed E-state index contributed by atoms with van der Waals surface area (Å²) in [7, 11) is -5.24. The molecule has 3 nitrogen and oxygen atoms in total. The topological polar surface area (TPSA) is 43.4 Å². The number of aryl methyl sites for hydroxylation is 1. The standard InChI is InChI=1S/C12H20O3SSi/c1-10-6-8-12(9-7-10)16(13,14)15-11(2)17(3,4)5/h6-9,11H,1-5H3. The molecule has 0 amide bonds. The maximum absolute atomic E-state index is 12.0. The maximum Gasteiger partial charge on any atom is 0.296 e. The van der Waals surface area contributed by atoms with Gasteiger partial charge in [0.15, 0.2) is 0 Å². The Morgan fingerprint density at radius 3 is 2.00 bits per heavy atom. The lowest BCUT2D eigenvalue weighted by Gasteiger charge is -2.24. The largest absolute Gasteiger partial charge is 0.296 e. The fraction of sp³-hybridized carbons (Fsp3) is 0.500. The van der Waals surface area contributed by atoms with Crippen LogP contribution in [0.25, 0.3) is 0 Å². The van der Waals surface area contributed by atoms with Gasteiger partial charge in [-0.2, -0.15) is 8.42 Å². The number of rotatable bonds is 4. The van der Waals surface area contributed by atoms with Crippen LogP contribution in [-0.4, -0.2) is 22.2 Å². The number of benzene rings is 1. The summed E-state index contributed by atoms with van der Waals surface area (Å²) in [5.74, 6) is 0. The van der Waals surface area contributed by atoms with Gasteiger partial charge in [0.25, 0.3) is 10.1 Å². The van der Waals surface area contributed by atoms with Crippen LogP contribution in [0.15, 0.2) is 29.2 Å². The lowest BCUT2D eigenvalue weighted by molar-refractivity contribution is 0.292. The zero-order valence-corrected chi connectivity index (χ0v) is 12.8. The van der Waals surface area contributed by atoms with E-state index in [0.29, 0.717) is 0 Å². The molecular formula is C12H20O3SSi. The van der Waals surface area contributed by atoms with E-state index in [4.69, 9.17) is 4.18 Å². The minimum atomic E-state index is -3.62. The minimum Gasteiger partial charge on any atom is -0.267 e. The Labute approximate surface area is 105 Å². The predicted octanol–water partition coefficient (Wildman–Crippen LogP) is 2.97. The Balaban J connectivity index is 2.94. The van der Waals surface area contributed by atoms with Crippen molar-refractivity contribution in [3.8, 4) is 0 Å². The maximum atomic E-state index is 12.0. The van der Waals surface area contributed by atoms with Gasteiger partial charge in [-0.3, -0.25) is 4.18 Å². The van der Waals surface area contributed by atoms with Crippen LogP contribution in [0.1, 0.15) is 12.5 Å². The SMILES string of the molecule is Cc1ccc(S(=O)(=O)OC(C)[Si](C)(C)C)cc1. The van der Waals surface area contributed by atoms with Crippen LogP contribution in [-0.2, 0) is 14.3 Å². The zero-order valence-electron chi connectivity index (χ0n) is 11.0. The highest BCUT2D eigenvalue weighted by Crippen LogP contribution is 2.19. The van der Waals surface area contributed by atoms with Crippen molar-refractivity contribution in [2.24, 2.45) is 0 Å². The van der Waals surface area contributed by atoms with E-state index in [0.717, 1.165) is 5.56 Å². The molecule has 1 aromatic rings. The third-order valence-electron chi connectivity index (χ3n) is 2.80. The quantitative estimate of drug-likeness (QED) is 0.625. The van der Waals surface area contributed by atoms with Crippen LogP contribution < -0.4 is 0 Å². The molecule has 0 spiro atoms. The molecular weight excluding hydrogens is 252 g/mol. The molecule has 0 aliphatic rings. The Bertz CT molecular complexity index is 471. The van der Waals surface area contributed by atoms with E-state index in [9.17, 15) is 8.42 Å². The van der Waals surface area contributed by atoms with Crippen LogP contribution in [0.2, 0.25) is 19.6 Å². The molecule has 1 atom stereocenters. The van der Waals surface area contributed by atoms with Crippen molar-refractivity contribution in [3.63, 3.8) is 0 Å². The van der Waals surface area contributed by atoms with Gasteiger partial charge in [0.05, 0.1) is 18.7 Å². The van der Waals surface area contributed by atoms with Gasteiger partial charge in [-0.05, 0) is 26.0 Å². The minimum absolute atomic E-state index is 0.228. The van der Waals surface area contributed by atoms with Gasteiger partial charge in [0, 0.05) is 0 Å². The molecule has 1 unspecified atom stereocenters. The smallest absolute Gasteiger partial charge is 0.267 e. The molecule has 0 heterocycles. The third-order valence-corrected chi connectivity index (χ3v) is 6.92. The van der Waals surface area contributed by atoms with E-state index in [1.807, 2.05) is 13.8 Å². The lowest BCUT2D eigenvalue weighted by Crippen LogP contribution is -2.39. The first kappa shape index (κ1) is 14.4. The number of hydrogen-bond acceptors (Lipinski definition) is 3. The molecule has 0 aliphatic heterocycles. The molecule has 0 aromatic heterocycles. The predicted molar refractivity (Wildman–Crippen MR) is 72.3 cm³/mol. The van der Waals surface area contributed by atoms with E-state index in [1.54, 1.807) is 24.3 Å². The highest BCUT2D eigenvalue weighted by atomic mass is 32.2. The van der Waals surface area contributed by atoms with Crippen LogP contribution in [0.4, 0.5) is 0 Å². The molecule has 0 saturated carbocycles. The molecule has 0 radical (unpaired) electrons. The van der Waals surface area contributed by atoms with Gasteiger partial charge < -0.3 is 0 Å². The summed E-state index contributed by atoms with van der Waals surface area (Å²) in [4.78, 5) is 0.230. The fourth-order valence-electron chi connectivity index (χ4n) is 1.09. The molecule has 0 fully saturated rings. The van der Waals surface area contributed by atoms with Gasteiger partial charge >= 0.3 is 0 Å². The van der Waals surface area contributed by atoms with Crippen LogP contribution in [0.5, 0.6) is 0 Å². The second-order valence-corrected chi connectivity index (χ2v) is 12.5. The first-order chi connectivity index (χ1) is 7.63. The van der Waals surface area contributed by atoms with Crippen molar-refractivity contribution < 1.29 is 12.6 Å². The molecule has 0 saturated heterocycles. The summed E-state index contributed by atoms with van der Waals surface area (Å²) < 4.78 is 29.3. The molecule has 17 heavy (non-hydrogen) atoms. The monoisotopic (exact) mass is 272 g/mol. The van der Waals surface area contributed by atoms with E-state index in [1.165, 1.54) is 0 Å². The highest BCUT2D eigenvalue weighted by molar-refractivity contribution is 7.86. The summed E-state index contributed by atoms with van der Waals surface area (Å²) in [6.07, 6.45) is 0. The van der Waals surface area contributed by atoms with E-state index < -0.39 is 18.2 Å². The Morgan fingerprint density at radius 1 is 1.12 bits per heavy atom. The fourth-order valence-corrected chi connectivity index (χ4v) is 3.59. The summed E-state index contributed by atoms with van der Waals surface area (Å²) >= 11 is 0. The van der Waals surface area contributed by atoms with Crippen LogP contribution in [0.3, 0.4) is 0 Å². The third kappa shape index (κ3) is 3.94. The summed E-state index contributed by atoms with van der Waals surface area (Å²) in [5, 5.41) is 0. The molecule has 96 valence electrons. The molecule has 0 aliphatic carbocycles. The van der Waals surface area contributed by atoms with Gasteiger partial charge in [-0.25, -0.2) is 0 Å². The van der Waals surface area contributed by atoms with E-state index >= 15 is 0 Å². The zero-order chi connectivity index (χ0) is 13.3. The van der Waals surface area contributed by atoms with E-state index in [-0.39, 0.29) is 10.6 Å². The van der Waals surface area contributed by atoms with Crippen LogP contribution >= 0.6 is 0 Å². The second kappa shape index (κ2) is 4.92. The summed E-state index contributed by atoms with van der Waals surface area (Å²) in [5.41, 5.74) is 0.802. The molecule has 0 bridgehead atoms. The Morgan fingerprint density at radius 2 is 1.59 bits per heavy atom. The first-order valence-electron chi connectivity index (χ1n) is 5.63. The summed E-state index contributed by atoms with van der Waals surface area (Å²) in [6.45, 7) is 10.0. The van der Waals surface area contributed by atoms with E-state index in [2.05, 4.69) is 19.6 Å². The van der Waals surface area contributed by atoms with Gasteiger partial charge in [0.1, 0.15) is 0 Å². The van der Waals surface area contributed by atoms with Gasteiger partial charge in [0.2, 0.25) is 0 Å². The molecule has 0 N–H and O–H groups in total. The van der Waals surface area contributed by atoms with Crippen molar-refractivity contribution in [2.45, 2.75) is 44.1 Å². The lowest BCUT2D eigenvalue weighted by atomic mass is 10.2. The number of hydrogen-bond donors (Lipinski definition) is 0. The van der Waals surface area contributed by atoms with Crippen molar-refractivity contribution in [2.75, 3.05) is 0 Å². The van der Waals surface area contributed by atoms with Crippen molar-refractivity contribution in [3.05, 3.63) is 29.8 Å². The average molecular weight is 272 g/mol. The summed E-state index contributed by atoms with van der Waals surface area (Å²) in [6, 6.07) is 6.72. The van der Waals surface area contributed by atoms with Crippen molar-refractivity contribution >= 4 is 18.2 Å². The normalized spacial score (nSPS) is 14.6. The molecule has 1 rings (SSSR count). The van der Waals surface area contributed by atoms with Crippen molar-refractivity contribution in [1.29, 1.82) is 0 Å². The Kier molecular flexibility index (Phi) is 4.17. The highest BCUT2D eigenvalue weighted by Gasteiger charge is 2.29. The van der Waals surface area contributed by atoms with Gasteiger partial charge in [-0.1, -0.05) is 37.3 Å². The first-order valence-corrected chi connectivity index (χ1v) is 10.6. The second-order valence-electron chi connectivity index (χ2n) is 5.37.